The maximum atomic E-state index is 11.8. The van der Waals surface area contributed by atoms with Crippen molar-refractivity contribution in [1.82, 2.24) is 0 Å². The average Bonchev–Trinajstić information content (AvgIpc) is 2.64. The molecule has 0 aliphatic heterocycles. The van der Waals surface area contributed by atoms with E-state index in [-0.39, 0.29) is 23.6 Å². The van der Waals surface area contributed by atoms with Gasteiger partial charge in [0.15, 0.2) is 11.5 Å². The predicted molar refractivity (Wildman–Crippen MR) is 111 cm³/mol. The van der Waals surface area contributed by atoms with E-state index in [9.17, 15) is 15.0 Å². The van der Waals surface area contributed by atoms with Crippen molar-refractivity contribution < 1.29 is 19.7 Å². The van der Waals surface area contributed by atoms with Crippen molar-refractivity contribution in [2.45, 2.75) is 90.6 Å². The summed E-state index contributed by atoms with van der Waals surface area (Å²) in [6.07, 6.45) is 16.7. The highest BCUT2D eigenvalue weighted by Gasteiger charge is 2.07. The van der Waals surface area contributed by atoms with Gasteiger partial charge in [-0.15, -0.1) is 0 Å². The van der Waals surface area contributed by atoms with Gasteiger partial charge in [0.2, 0.25) is 0 Å². The highest BCUT2D eigenvalue weighted by molar-refractivity contribution is 5.87. The highest BCUT2D eigenvalue weighted by atomic mass is 16.5. The number of phenolic OH excluding ortho intramolecular Hbond substituents is 2. The number of phenols is 2. The molecule has 0 radical (unpaired) electrons. The number of rotatable bonds is 14. The van der Waals surface area contributed by atoms with Gasteiger partial charge in [-0.3, -0.25) is 0 Å². The second-order valence-corrected chi connectivity index (χ2v) is 7.30. The molecule has 0 amide bonds. The van der Waals surface area contributed by atoms with E-state index in [0.29, 0.717) is 5.56 Å². The average molecular weight is 377 g/mol. The number of unbranched alkanes of at least 4 members (excludes halogenated alkanes) is 9. The minimum Gasteiger partial charge on any atom is -0.504 e. The number of hydrogen-bond donors (Lipinski definition) is 2. The van der Waals surface area contributed by atoms with E-state index >= 15 is 0 Å². The van der Waals surface area contributed by atoms with Crippen molar-refractivity contribution in [1.29, 1.82) is 0 Å². The first-order chi connectivity index (χ1) is 13.0. The van der Waals surface area contributed by atoms with Gasteiger partial charge in [-0.05, 0) is 43.5 Å². The third kappa shape index (κ3) is 11.4. The highest BCUT2D eigenvalue weighted by Crippen LogP contribution is 2.25. The summed E-state index contributed by atoms with van der Waals surface area (Å²) in [5, 5.41) is 18.7. The van der Waals surface area contributed by atoms with Crippen molar-refractivity contribution in [2.75, 3.05) is 0 Å². The van der Waals surface area contributed by atoms with E-state index in [1.807, 2.05) is 6.92 Å². The zero-order valence-electron chi connectivity index (χ0n) is 17.0. The van der Waals surface area contributed by atoms with Crippen molar-refractivity contribution in [3.05, 3.63) is 29.8 Å². The molecule has 4 nitrogen and oxygen atoms in total. The fraction of sp³-hybridized carbons (Fsp3) is 0.609. The fourth-order valence-electron chi connectivity index (χ4n) is 3.02. The Labute approximate surface area is 164 Å². The molecule has 1 atom stereocenters. The van der Waals surface area contributed by atoms with Crippen molar-refractivity contribution >= 4 is 12.0 Å². The predicted octanol–water partition coefficient (Wildman–Crippen LogP) is 6.35. The van der Waals surface area contributed by atoms with Crippen LogP contribution in [0.15, 0.2) is 24.3 Å². The van der Waals surface area contributed by atoms with Crippen molar-refractivity contribution in [3.8, 4) is 11.5 Å². The molecule has 0 aliphatic carbocycles. The monoisotopic (exact) mass is 376 g/mol. The molecule has 0 saturated heterocycles. The number of benzene rings is 1. The van der Waals surface area contributed by atoms with Crippen LogP contribution in [-0.2, 0) is 9.53 Å². The summed E-state index contributed by atoms with van der Waals surface area (Å²) < 4.78 is 5.37. The van der Waals surface area contributed by atoms with Gasteiger partial charge >= 0.3 is 5.97 Å². The van der Waals surface area contributed by atoms with E-state index < -0.39 is 0 Å². The largest absolute Gasteiger partial charge is 0.504 e. The fourth-order valence-corrected chi connectivity index (χ4v) is 3.02. The van der Waals surface area contributed by atoms with Crippen molar-refractivity contribution in [2.24, 2.45) is 0 Å². The molecule has 1 rings (SSSR count). The van der Waals surface area contributed by atoms with Gasteiger partial charge < -0.3 is 14.9 Å². The molecule has 0 heterocycles. The van der Waals surface area contributed by atoms with Crippen LogP contribution in [0, 0.1) is 0 Å². The van der Waals surface area contributed by atoms with E-state index in [1.54, 1.807) is 12.1 Å². The Morgan fingerprint density at radius 1 is 0.963 bits per heavy atom. The third-order valence-corrected chi connectivity index (χ3v) is 4.69. The lowest BCUT2D eigenvalue weighted by Gasteiger charge is -2.11. The van der Waals surface area contributed by atoms with E-state index in [1.165, 1.54) is 76.0 Å². The number of carbonyl (C=O) groups is 1. The summed E-state index contributed by atoms with van der Waals surface area (Å²) in [5.41, 5.74) is 0.629. The van der Waals surface area contributed by atoms with E-state index in [4.69, 9.17) is 4.74 Å². The molecule has 27 heavy (non-hydrogen) atoms. The van der Waals surface area contributed by atoms with Crippen LogP contribution >= 0.6 is 0 Å². The standard InChI is InChI=1S/C23H36O4/c1-3-4-5-6-7-8-9-10-11-12-13-19(2)27-23(26)17-15-20-14-16-21(24)22(25)18-20/h14-19,24-25H,3-13H2,1-2H3/b17-15+. The molecule has 0 fully saturated rings. The Balaban J connectivity index is 2.08. The van der Waals surface area contributed by atoms with E-state index in [2.05, 4.69) is 6.92 Å². The van der Waals surface area contributed by atoms with Crippen LogP contribution in [0.1, 0.15) is 90.0 Å². The summed E-state index contributed by atoms with van der Waals surface area (Å²) in [5.74, 6) is -0.776. The molecule has 4 heteroatoms. The summed E-state index contributed by atoms with van der Waals surface area (Å²) in [4.78, 5) is 11.8. The lowest BCUT2D eigenvalue weighted by molar-refractivity contribution is -0.142. The summed E-state index contributed by atoms with van der Waals surface area (Å²) in [6, 6.07) is 4.40. The van der Waals surface area contributed by atoms with Gasteiger partial charge in [-0.2, -0.15) is 0 Å². The quantitative estimate of drug-likeness (QED) is 0.172. The molecular formula is C23H36O4. The van der Waals surface area contributed by atoms with Crippen LogP contribution < -0.4 is 0 Å². The molecule has 0 spiro atoms. The number of carbonyl (C=O) groups excluding carboxylic acids is 1. The van der Waals surface area contributed by atoms with Crippen LogP contribution in [0.4, 0.5) is 0 Å². The number of aromatic hydroxyl groups is 2. The second kappa shape index (κ2) is 14.1. The zero-order chi connectivity index (χ0) is 19.9. The number of hydrogen-bond acceptors (Lipinski definition) is 4. The first-order valence-electron chi connectivity index (χ1n) is 10.4. The van der Waals surface area contributed by atoms with Gasteiger partial charge in [0.1, 0.15) is 0 Å². The summed E-state index contributed by atoms with van der Waals surface area (Å²) in [6.45, 7) is 4.17. The Hall–Kier alpha value is -1.97. The first-order valence-corrected chi connectivity index (χ1v) is 10.4. The molecular weight excluding hydrogens is 340 g/mol. The number of ether oxygens (including phenoxy) is 1. The Kier molecular flexibility index (Phi) is 12.1. The Morgan fingerprint density at radius 2 is 1.56 bits per heavy atom. The van der Waals surface area contributed by atoms with Crippen LogP contribution in [0.3, 0.4) is 0 Å². The Morgan fingerprint density at radius 3 is 2.15 bits per heavy atom. The SMILES string of the molecule is CCCCCCCCCCCCC(C)OC(=O)/C=C/c1ccc(O)c(O)c1. The van der Waals surface area contributed by atoms with Gasteiger partial charge in [-0.25, -0.2) is 4.79 Å². The maximum Gasteiger partial charge on any atom is 0.331 e. The van der Waals surface area contributed by atoms with Gasteiger partial charge in [0.25, 0.3) is 0 Å². The Bertz CT molecular complexity index is 565. The minimum atomic E-state index is -0.387. The van der Waals surface area contributed by atoms with Gasteiger partial charge in [0, 0.05) is 6.08 Å². The van der Waals surface area contributed by atoms with Crippen molar-refractivity contribution in [3.63, 3.8) is 0 Å². The smallest absolute Gasteiger partial charge is 0.331 e. The van der Waals surface area contributed by atoms with E-state index in [0.717, 1.165) is 12.8 Å². The molecule has 1 unspecified atom stereocenters. The van der Waals surface area contributed by atoms with Crippen LogP contribution in [-0.4, -0.2) is 22.3 Å². The van der Waals surface area contributed by atoms with Crippen LogP contribution in [0.5, 0.6) is 11.5 Å². The van der Waals surface area contributed by atoms with Crippen LogP contribution in [0.2, 0.25) is 0 Å². The third-order valence-electron chi connectivity index (χ3n) is 4.69. The topological polar surface area (TPSA) is 66.8 Å². The molecule has 0 aliphatic rings. The van der Waals surface area contributed by atoms with Crippen LogP contribution in [0.25, 0.3) is 6.08 Å². The molecule has 1 aromatic rings. The number of esters is 1. The summed E-state index contributed by atoms with van der Waals surface area (Å²) in [7, 11) is 0. The summed E-state index contributed by atoms with van der Waals surface area (Å²) >= 11 is 0. The second-order valence-electron chi connectivity index (χ2n) is 7.30. The molecule has 152 valence electrons. The van der Waals surface area contributed by atoms with Gasteiger partial charge in [-0.1, -0.05) is 70.8 Å². The molecule has 2 N–H and O–H groups in total. The molecule has 0 bridgehead atoms. The lowest BCUT2D eigenvalue weighted by Crippen LogP contribution is -2.12. The first kappa shape index (κ1) is 23.1. The maximum absolute atomic E-state index is 11.8. The minimum absolute atomic E-state index is 0.0931. The zero-order valence-corrected chi connectivity index (χ0v) is 17.0. The molecule has 0 saturated carbocycles. The molecule has 1 aromatic carbocycles. The normalized spacial score (nSPS) is 12.4. The molecule has 0 aromatic heterocycles. The van der Waals surface area contributed by atoms with Gasteiger partial charge in [0.05, 0.1) is 6.10 Å². The lowest BCUT2D eigenvalue weighted by atomic mass is 10.0.